The molecule has 0 N–H and O–H groups in total. The van der Waals surface area contributed by atoms with Crippen molar-refractivity contribution in [2.75, 3.05) is 0 Å². The van der Waals surface area contributed by atoms with E-state index in [9.17, 15) is 0 Å². The number of benzene rings is 8. The Kier molecular flexibility index (Phi) is 7.92. The van der Waals surface area contributed by atoms with Crippen molar-refractivity contribution in [1.82, 2.24) is 15.0 Å². The van der Waals surface area contributed by atoms with Gasteiger partial charge in [-0.2, -0.15) is 0 Å². The van der Waals surface area contributed by atoms with E-state index in [1.54, 1.807) is 0 Å². The van der Waals surface area contributed by atoms with Crippen LogP contribution in [-0.4, -0.2) is 21.1 Å². The van der Waals surface area contributed by atoms with Crippen LogP contribution in [0.3, 0.4) is 0 Å². The lowest BCUT2D eigenvalue weighted by Crippen LogP contribution is -2.22. The molecule has 2 unspecified atom stereocenters. The summed E-state index contributed by atoms with van der Waals surface area (Å²) >= 11 is 0. The van der Waals surface area contributed by atoms with Crippen molar-refractivity contribution in [3.63, 3.8) is 0 Å². The molecule has 11 rings (SSSR count). The second kappa shape index (κ2) is 13.7. The van der Waals surface area contributed by atoms with E-state index in [1.165, 1.54) is 22.1 Å². The minimum absolute atomic E-state index is 0.116. The molecule has 9 aromatic rings. The Balaban J connectivity index is 1.13. The molecule has 4 nitrogen and oxygen atoms in total. The maximum Gasteiger partial charge on any atom is 0.164 e. The number of hydrogen-bond acceptors (Lipinski definition) is 4. The smallest absolute Gasteiger partial charge is 0.164 e. The molecule has 0 saturated heterocycles. The molecule has 2 atom stereocenters. The number of allylic oxidation sites excluding steroid dienone is 2. The number of ether oxygens (including phenoxy) is 1. The van der Waals surface area contributed by atoms with Gasteiger partial charge in [0, 0.05) is 22.3 Å². The summed E-state index contributed by atoms with van der Waals surface area (Å²) in [6, 6.07) is 66.2. The fourth-order valence-corrected chi connectivity index (χ4v) is 8.44. The highest BCUT2D eigenvalue weighted by Gasteiger charge is 2.40. The van der Waals surface area contributed by atoms with Crippen LogP contribution in [0, 0.1) is 0 Å². The van der Waals surface area contributed by atoms with E-state index in [0.717, 1.165) is 60.9 Å². The van der Waals surface area contributed by atoms with Gasteiger partial charge in [0.05, 0.1) is 5.92 Å². The predicted molar refractivity (Wildman–Crippen MR) is 233 cm³/mol. The third-order valence-electron chi connectivity index (χ3n) is 11.3. The second-order valence-electron chi connectivity index (χ2n) is 14.7. The van der Waals surface area contributed by atoms with Gasteiger partial charge in [0.1, 0.15) is 11.9 Å². The first-order chi connectivity index (χ1) is 28.2. The Hall–Kier alpha value is -7.43. The van der Waals surface area contributed by atoms with E-state index < -0.39 is 0 Å². The van der Waals surface area contributed by atoms with Crippen LogP contribution < -0.4 is 4.74 Å². The van der Waals surface area contributed by atoms with Crippen molar-refractivity contribution in [2.24, 2.45) is 0 Å². The van der Waals surface area contributed by atoms with Crippen LogP contribution in [0.25, 0.3) is 77.7 Å². The average molecular weight is 730 g/mol. The van der Waals surface area contributed by atoms with Crippen molar-refractivity contribution in [2.45, 2.75) is 12.0 Å². The zero-order valence-electron chi connectivity index (χ0n) is 31.0. The van der Waals surface area contributed by atoms with Gasteiger partial charge in [-0.05, 0) is 91.3 Å². The molecule has 4 heteroatoms. The first-order valence-electron chi connectivity index (χ1n) is 19.4. The number of para-hydroxylation sites is 1. The average Bonchev–Trinajstić information content (AvgIpc) is 3.67. The largest absolute Gasteiger partial charge is 0.485 e. The fraction of sp³-hybridized carbons (Fsp3) is 0.0377. The molecular weight excluding hydrogens is 695 g/mol. The quantitative estimate of drug-likeness (QED) is 0.171. The summed E-state index contributed by atoms with van der Waals surface area (Å²) in [4.78, 5) is 16.0. The molecule has 2 heterocycles. The zero-order valence-corrected chi connectivity index (χ0v) is 31.0. The van der Waals surface area contributed by atoms with Crippen molar-refractivity contribution in [3.8, 4) is 50.8 Å². The molecule has 0 fully saturated rings. The van der Waals surface area contributed by atoms with Gasteiger partial charge in [-0.15, -0.1) is 0 Å². The first-order valence-corrected chi connectivity index (χ1v) is 19.4. The summed E-state index contributed by atoms with van der Waals surface area (Å²) in [5, 5.41) is 4.59. The number of rotatable bonds is 6. The van der Waals surface area contributed by atoms with Crippen LogP contribution in [0.5, 0.6) is 5.75 Å². The van der Waals surface area contributed by atoms with Crippen molar-refractivity contribution >= 4 is 32.7 Å². The highest BCUT2D eigenvalue weighted by molar-refractivity contribution is 6.00. The van der Waals surface area contributed by atoms with Gasteiger partial charge in [-0.25, -0.2) is 15.0 Å². The van der Waals surface area contributed by atoms with Gasteiger partial charge in [0.15, 0.2) is 17.5 Å². The van der Waals surface area contributed by atoms with E-state index in [-0.39, 0.29) is 12.0 Å². The molecule has 0 bridgehead atoms. The normalized spacial score (nSPS) is 15.7. The van der Waals surface area contributed by atoms with E-state index in [1.807, 2.05) is 6.07 Å². The van der Waals surface area contributed by atoms with Crippen molar-refractivity contribution in [1.29, 1.82) is 0 Å². The maximum atomic E-state index is 6.62. The van der Waals surface area contributed by atoms with Crippen LogP contribution in [0.4, 0.5) is 0 Å². The van der Waals surface area contributed by atoms with Gasteiger partial charge < -0.3 is 4.74 Å². The van der Waals surface area contributed by atoms with E-state index >= 15 is 0 Å². The first kappa shape index (κ1) is 33.0. The summed E-state index contributed by atoms with van der Waals surface area (Å²) < 4.78 is 6.62. The maximum absolute atomic E-state index is 6.62. The molecule has 57 heavy (non-hydrogen) atoms. The lowest BCUT2D eigenvalue weighted by molar-refractivity contribution is 0.271. The third-order valence-corrected chi connectivity index (χ3v) is 11.3. The summed E-state index contributed by atoms with van der Waals surface area (Å²) in [5.74, 6) is 2.67. The van der Waals surface area contributed by atoms with Crippen molar-refractivity contribution in [3.05, 3.63) is 217 Å². The topological polar surface area (TPSA) is 47.9 Å². The van der Waals surface area contributed by atoms with Gasteiger partial charge in [0.25, 0.3) is 0 Å². The van der Waals surface area contributed by atoms with Crippen LogP contribution in [-0.2, 0) is 0 Å². The molecule has 8 aromatic carbocycles. The molecule has 0 radical (unpaired) electrons. The summed E-state index contributed by atoms with van der Waals surface area (Å²) in [7, 11) is 0. The second-order valence-corrected chi connectivity index (χ2v) is 14.7. The standard InChI is InChI=1S/C53H35N3O/c1-3-12-34(13-4-1)38-18-11-19-42(31-38)45-28-29-48-49(46-20-9-10-21-47(46)57-48)50(45)53-55-51(43-26-22-36-16-7-8-17-37(36)32-43)54-52(56-53)44-27-25-40-30-39(23-24-41(40)33-44)35-14-5-2-6-15-35/h1-33,48-49H. The van der Waals surface area contributed by atoms with E-state index in [0.29, 0.717) is 17.5 Å². The predicted octanol–water partition coefficient (Wildman–Crippen LogP) is 12.9. The minimum atomic E-state index is -0.192. The highest BCUT2D eigenvalue weighted by atomic mass is 16.5. The Morgan fingerprint density at radius 2 is 0.877 bits per heavy atom. The Morgan fingerprint density at radius 1 is 0.368 bits per heavy atom. The Labute approximate surface area is 331 Å². The summed E-state index contributed by atoms with van der Waals surface area (Å²) in [6.07, 6.45) is 4.20. The number of nitrogens with zero attached hydrogens (tertiary/aromatic N) is 3. The number of hydrogen-bond donors (Lipinski definition) is 0. The zero-order chi connectivity index (χ0) is 37.7. The lowest BCUT2D eigenvalue weighted by Gasteiger charge is -2.26. The van der Waals surface area contributed by atoms with Crippen LogP contribution in [0.1, 0.15) is 22.9 Å². The van der Waals surface area contributed by atoms with Gasteiger partial charge in [-0.1, -0.05) is 164 Å². The SMILES string of the molecule is C1=CC2Oc3ccccc3C2C(c2nc(-c3ccc4ccccc4c3)nc(-c3ccc4cc(-c5ccccc5)ccc4c3)n2)=C1c1cccc(-c2ccccc2)c1. The minimum Gasteiger partial charge on any atom is -0.485 e. The molecule has 1 aromatic heterocycles. The summed E-state index contributed by atoms with van der Waals surface area (Å²) in [6.45, 7) is 0. The van der Waals surface area contributed by atoms with E-state index in [2.05, 4.69) is 194 Å². The number of aromatic nitrogens is 3. The Bertz CT molecular complexity index is 3060. The molecule has 1 aliphatic carbocycles. The van der Waals surface area contributed by atoms with Crippen molar-refractivity contribution < 1.29 is 4.74 Å². The van der Waals surface area contributed by atoms with Gasteiger partial charge in [-0.3, -0.25) is 0 Å². The monoisotopic (exact) mass is 729 g/mol. The van der Waals surface area contributed by atoms with Crippen LogP contribution >= 0.6 is 0 Å². The number of fused-ring (bicyclic) bond motifs is 5. The fourth-order valence-electron chi connectivity index (χ4n) is 8.44. The molecular formula is C53H35N3O. The highest BCUT2D eigenvalue weighted by Crippen LogP contribution is 2.51. The molecule has 0 spiro atoms. The van der Waals surface area contributed by atoms with Crippen LogP contribution in [0.15, 0.2) is 200 Å². The lowest BCUT2D eigenvalue weighted by atomic mass is 9.79. The molecule has 2 aliphatic rings. The van der Waals surface area contributed by atoms with E-state index in [4.69, 9.17) is 19.7 Å². The molecule has 268 valence electrons. The van der Waals surface area contributed by atoms with Gasteiger partial charge >= 0.3 is 0 Å². The molecule has 0 amide bonds. The van der Waals surface area contributed by atoms with Crippen LogP contribution in [0.2, 0.25) is 0 Å². The summed E-state index contributed by atoms with van der Waals surface area (Å²) in [5.41, 5.74) is 10.9. The molecule has 1 aliphatic heterocycles. The van der Waals surface area contributed by atoms with Gasteiger partial charge in [0.2, 0.25) is 0 Å². The third kappa shape index (κ3) is 5.99. The Morgan fingerprint density at radius 3 is 1.60 bits per heavy atom. The molecule has 0 saturated carbocycles.